The minimum absolute atomic E-state index is 0.919. The van der Waals surface area contributed by atoms with E-state index in [0.717, 1.165) is 22.6 Å². The molecular weight excluding hydrogens is 324 g/mol. The van der Waals surface area contributed by atoms with Crippen molar-refractivity contribution in [1.82, 2.24) is 0 Å². The zero-order valence-electron chi connectivity index (χ0n) is 15.4. The molecule has 1 aliphatic heterocycles. The average Bonchev–Trinajstić information content (AvgIpc) is 2.64. The number of hydrogen-bond donors (Lipinski definition) is 0. The van der Waals surface area contributed by atoms with Crippen LogP contribution in [0.5, 0.6) is 0 Å². The molecule has 0 spiro atoms. The smallest absolute Gasteiger partial charge is 0.0855 e. The van der Waals surface area contributed by atoms with Crippen LogP contribution < -0.4 is 0 Å². The highest BCUT2D eigenvalue weighted by Crippen LogP contribution is 2.32. The molecule has 1 unspecified atom stereocenters. The van der Waals surface area contributed by atoms with Crippen molar-refractivity contribution in [2.75, 3.05) is 0 Å². The van der Waals surface area contributed by atoms with Crippen LogP contribution >= 0.6 is 0 Å². The zero-order chi connectivity index (χ0) is 17.5. The van der Waals surface area contributed by atoms with E-state index < -0.39 is 10.8 Å². The fraction of sp³-hybridized carbons (Fsp3) is 0.478. The van der Waals surface area contributed by atoms with Crippen LogP contribution in [0.25, 0.3) is 0 Å². The fourth-order valence-corrected chi connectivity index (χ4v) is 5.10. The number of aryl methyl sites for hydroxylation is 1. The lowest BCUT2D eigenvalue weighted by Gasteiger charge is -2.19. The Morgan fingerprint density at radius 2 is 1.48 bits per heavy atom. The highest BCUT2D eigenvalue weighted by Gasteiger charge is 2.21. The van der Waals surface area contributed by atoms with Gasteiger partial charge in [-0.05, 0) is 48.1 Å². The van der Waals surface area contributed by atoms with E-state index in [2.05, 4.69) is 31.2 Å². The van der Waals surface area contributed by atoms with Crippen molar-refractivity contribution in [2.45, 2.75) is 80.9 Å². The summed E-state index contributed by atoms with van der Waals surface area (Å²) in [7, 11) is -1.01. The Morgan fingerprint density at radius 3 is 2.28 bits per heavy atom. The summed E-state index contributed by atoms with van der Waals surface area (Å²) in [6, 6.07) is 14.7. The van der Waals surface area contributed by atoms with Gasteiger partial charge >= 0.3 is 0 Å². The fourth-order valence-electron chi connectivity index (χ4n) is 3.72. The first-order valence-electron chi connectivity index (χ1n) is 9.91. The minimum Gasteiger partial charge on any atom is -0.249 e. The molecule has 0 aliphatic carbocycles. The Bertz CT molecular complexity index is 720. The Morgan fingerprint density at radius 1 is 0.800 bits per heavy atom. The minimum atomic E-state index is -1.01. The van der Waals surface area contributed by atoms with E-state index in [1.54, 1.807) is 0 Å². The third-order valence-electron chi connectivity index (χ3n) is 5.20. The number of fused-ring (bicyclic) bond motifs is 2. The first-order chi connectivity index (χ1) is 12.3. The quantitative estimate of drug-likeness (QED) is 0.404. The molecule has 0 N–H and O–H groups in total. The number of hydrogen-bond acceptors (Lipinski definition) is 1. The number of benzene rings is 2. The molecule has 0 radical (unpaired) electrons. The first kappa shape index (κ1) is 18.4. The van der Waals surface area contributed by atoms with Gasteiger partial charge in [-0.15, -0.1) is 0 Å². The van der Waals surface area contributed by atoms with Crippen molar-refractivity contribution in [1.29, 1.82) is 0 Å². The van der Waals surface area contributed by atoms with Gasteiger partial charge in [-0.2, -0.15) is 0 Å². The summed E-state index contributed by atoms with van der Waals surface area (Å²) >= 11 is 0. The van der Waals surface area contributed by atoms with Gasteiger partial charge in [0.2, 0.25) is 0 Å². The van der Waals surface area contributed by atoms with Crippen molar-refractivity contribution < 1.29 is 4.21 Å². The molecule has 134 valence electrons. The van der Waals surface area contributed by atoms with Gasteiger partial charge < -0.3 is 0 Å². The standard InChI is InChI=1S/C23H30OS/c1-2-3-4-5-6-7-8-9-12-19-15-16-23-21(17-19)18-20-13-10-11-14-22(20)25(23)24/h10-11,13-17H,2-9,12,18H2,1H3. The molecule has 2 heteroatoms. The van der Waals surface area contributed by atoms with Crippen molar-refractivity contribution in [2.24, 2.45) is 0 Å². The van der Waals surface area contributed by atoms with E-state index in [1.165, 1.54) is 68.1 Å². The summed E-state index contributed by atoms with van der Waals surface area (Å²) in [5.74, 6) is 0. The lowest BCUT2D eigenvalue weighted by molar-refractivity contribution is 0.575. The molecule has 3 rings (SSSR count). The molecule has 1 aliphatic rings. The van der Waals surface area contributed by atoms with Gasteiger partial charge in [-0.3, -0.25) is 0 Å². The van der Waals surface area contributed by atoms with Crippen LogP contribution in [0.15, 0.2) is 52.3 Å². The molecule has 0 bridgehead atoms. The Kier molecular flexibility index (Phi) is 6.86. The van der Waals surface area contributed by atoms with Crippen LogP contribution in [-0.2, 0) is 23.6 Å². The lowest BCUT2D eigenvalue weighted by atomic mass is 9.99. The molecule has 0 saturated carbocycles. The van der Waals surface area contributed by atoms with Gasteiger partial charge in [0.25, 0.3) is 0 Å². The molecule has 1 atom stereocenters. The second-order valence-electron chi connectivity index (χ2n) is 7.22. The summed E-state index contributed by atoms with van der Waals surface area (Å²) in [6.45, 7) is 2.27. The van der Waals surface area contributed by atoms with Gasteiger partial charge in [0.15, 0.2) is 0 Å². The van der Waals surface area contributed by atoms with Crippen LogP contribution in [0.1, 0.15) is 75.0 Å². The summed E-state index contributed by atoms with van der Waals surface area (Å²) in [4.78, 5) is 2.00. The van der Waals surface area contributed by atoms with E-state index >= 15 is 0 Å². The second kappa shape index (κ2) is 9.33. The van der Waals surface area contributed by atoms with Gasteiger partial charge in [0, 0.05) is 9.79 Å². The molecule has 25 heavy (non-hydrogen) atoms. The first-order valence-corrected chi connectivity index (χ1v) is 11.1. The summed E-state index contributed by atoms with van der Waals surface area (Å²) < 4.78 is 12.7. The van der Waals surface area contributed by atoms with E-state index in [0.29, 0.717) is 0 Å². The molecular formula is C23H30OS. The average molecular weight is 355 g/mol. The van der Waals surface area contributed by atoms with Crippen LogP contribution in [0.2, 0.25) is 0 Å². The molecule has 0 fully saturated rings. The number of rotatable bonds is 9. The largest absolute Gasteiger partial charge is 0.249 e. The van der Waals surface area contributed by atoms with Crippen molar-refractivity contribution in [3.8, 4) is 0 Å². The maximum absolute atomic E-state index is 12.7. The van der Waals surface area contributed by atoms with E-state index in [-0.39, 0.29) is 0 Å². The van der Waals surface area contributed by atoms with Crippen LogP contribution in [0.3, 0.4) is 0 Å². The highest BCUT2D eigenvalue weighted by molar-refractivity contribution is 7.85. The zero-order valence-corrected chi connectivity index (χ0v) is 16.2. The Labute approximate surface area is 155 Å². The monoisotopic (exact) mass is 354 g/mol. The van der Waals surface area contributed by atoms with Crippen LogP contribution in [-0.4, -0.2) is 4.21 Å². The van der Waals surface area contributed by atoms with Gasteiger partial charge in [0.1, 0.15) is 0 Å². The Hall–Kier alpha value is -1.41. The summed E-state index contributed by atoms with van der Waals surface area (Å²) in [5, 5.41) is 0. The van der Waals surface area contributed by atoms with Crippen LogP contribution in [0, 0.1) is 0 Å². The molecule has 0 saturated heterocycles. The molecule has 0 aromatic heterocycles. The topological polar surface area (TPSA) is 17.1 Å². The predicted molar refractivity (Wildman–Crippen MR) is 107 cm³/mol. The Balaban J connectivity index is 1.50. The van der Waals surface area contributed by atoms with Crippen LogP contribution in [0.4, 0.5) is 0 Å². The van der Waals surface area contributed by atoms with Crippen molar-refractivity contribution >= 4 is 10.8 Å². The molecule has 2 aromatic carbocycles. The molecule has 0 amide bonds. The molecule has 1 heterocycles. The second-order valence-corrected chi connectivity index (χ2v) is 8.64. The predicted octanol–water partition coefficient (Wildman–Crippen LogP) is 6.44. The third kappa shape index (κ3) is 4.82. The molecule has 2 aromatic rings. The van der Waals surface area contributed by atoms with Gasteiger partial charge in [-0.25, -0.2) is 4.21 Å². The summed E-state index contributed by atoms with van der Waals surface area (Å²) in [5.41, 5.74) is 3.88. The van der Waals surface area contributed by atoms with E-state index in [4.69, 9.17) is 0 Å². The highest BCUT2D eigenvalue weighted by atomic mass is 32.2. The maximum Gasteiger partial charge on any atom is 0.0855 e. The van der Waals surface area contributed by atoms with Crippen molar-refractivity contribution in [3.63, 3.8) is 0 Å². The lowest BCUT2D eigenvalue weighted by Crippen LogP contribution is -2.09. The van der Waals surface area contributed by atoms with Gasteiger partial charge in [-0.1, -0.05) is 82.2 Å². The number of unbranched alkanes of at least 4 members (excludes halogenated alkanes) is 7. The SMILES string of the molecule is CCCCCCCCCCc1ccc2c(c1)Cc1ccccc1S2=O. The summed E-state index contributed by atoms with van der Waals surface area (Å²) in [6.07, 6.45) is 12.9. The molecule has 1 nitrogen and oxygen atoms in total. The van der Waals surface area contributed by atoms with Crippen molar-refractivity contribution in [3.05, 3.63) is 59.2 Å². The van der Waals surface area contributed by atoms with Gasteiger partial charge in [0.05, 0.1) is 10.8 Å². The normalized spacial score (nSPS) is 15.6. The third-order valence-corrected chi connectivity index (χ3v) is 6.79. The van der Waals surface area contributed by atoms with E-state index in [1.807, 2.05) is 18.2 Å². The maximum atomic E-state index is 12.7. The van der Waals surface area contributed by atoms with E-state index in [9.17, 15) is 4.21 Å².